The monoisotopic (exact) mass is 359 g/mol. The van der Waals surface area contributed by atoms with Gasteiger partial charge in [0.25, 0.3) is 0 Å². The number of rotatable bonds is 3. The quantitative estimate of drug-likeness (QED) is 0.651. The van der Waals surface area contributed by atoms with Crippen LogP contribution in [0.3, 0.4) is 0 Å². The van der Waals surface area contributed by atoms with Crippen LogP contribution in [0.2, 0.25) is 0 Å². The van der Waals surface area contributed by atoms with Gasteiger partial charge in [-0.1, -0.05) is 24.6 Å². The molecule has 4 rings (SSSR count). The number of benzene rings is 2. The molecule has 2 heterocycles. The lowest BCUT2D eigenvalue weighted by atomic mass is 10.1. The first kappa shape index (κ1) is 17.8. The average molecular weight is 360 g/mol. The highest BCUT2D eigenvalue weighted by Crippen LogP contribution is 2.32. The molecule has 0 bridgehead atoms. The molecule has 0 unspecified atom stereocenters. The van der Waals surface area contributed by atoms with Crippen LogP contribution in [-0.4, -0.2) is 25.1 Å². The van der Waals surface area contributed by atoms with E-state index < -0.39 is 0 Å². The zero-order valence-electron chi connectivity index (χ0n) is 14.3. The fraction of sp³-hybridized carbons (Fsp3) is 0.350. The van der Waals surface area contributed by atoms with Crippen LogP contribution in [0.5, 0.6) is 5.75 Å². The standard InChI is InChI=1S/C20H21NO3.ClH/c1-23-19-14(13-21-11-5-2-6-12-21)9-10-16-18(22)15-7-3-4-8-17(15)24-20(16)19;/h3-4,7-10H,2,5-6,11-13H2,1H3;1H. The van der Waals surface area contributed by atoms with Crippen molar-refractivity contribution in [3.63, 3.8) is 0 Å². The minimum Gasteiger partial charge on any atom is -0.492 e. The van der Waals surface area contributed by atoms with Gasteiger partial charge in [0, 0.05) is 12.1 Å². The van der Waals surface area contributed by atoms with Crippen molar-refractivity contribution in [2.75, 3.05) is 20.2 Å². The van der Waals surface area contributed by atoms with E-state index in [4.69, 9.17) is 9.15 Å². The molecule has 0 amide bonds. The molecular formula is C20H22ClNO3. The maximum absolute atomic E-state index is 12.7. The first-order valence-corrected chi connectivity index (χ1v) is 8.52. The summed E-state index contributed by atoms with van der Waals surface area (Å²) in [6.07, 6.45) is 3.80. The van der Waals surface area contributed by atoms with Crippen molar-refractivity contribution in [3.05, 3.63) is 52.2 Å². The largest absolute Gasteiger partial charge is 0.492 e. The third-order valence-corrected chi connectivity index (χ3v) is 4.83. The Kier molecular flexibility index (Phi) is 5.30. The number of hydrogen-bond acceptors (Lipinski definition) is 4. The molecule has 0 aliphatic carbocycles. The summed E-state index contributed by atoms with van der Waals surface area (Å²) in [4.78, 5) is 15.2. The molecule has 0 N–H and O–H groups in total. The molecule has 1 aliphatic heterocycles. The SMILES string of the molecule is COc1c(CN2CCCCC2)ccc2c(=O)c3ccccc3oc12.Cl. The van der Waals surface area contributed by atoms with E-state index in [1.165, 1.54) is 19.3 Å². The number of para-hydroxylation sites is 1. The summed E-state index contributed by atoms with van der Waals surface area (Å²) in [6, 6.07) is 11.2. The second kappa shape index (κ2) is 7.46. The predicted molar refractivity (Wildman–Crippen MR) is 103 cm³/mol. The minimum atomic E-state index is -0.00493. The van der Waals surface area contributed by atoms with Crippen LogP contribution >= 0.6 is 12.4 Å². The molecule has 5 heteroatoms. The lowest BCUT2D eigenvalue weighted by Gasteiger charge is -2.27. The van der Waals surface area contributed by atoms with Crippen LogP contribution < -0.4 is 10.2 Å². The number of halogens is 1. The van der Waals surface area contributed by atoms with Crippen molar-refractivity contribution in [3.8, 4) is 5.75 Å². The number of hydrogen-bond donors (Lipinski definition) is 0. The van der Waals surface area contributed by atoms with E-state index in [1.54, 1.807) is 13.2 Å². The van der Waals surface area contributed by atoms with Gasteiger partial charge in [-0.15, -0.1) is 12.4 Å². The first-order valence-electron chi connectivity index (χ1n) is 8.52. The van der Waals surface area contributed by atoms with Crippen molar-refractivity contribution in [2.24, 2.45) is 0 Å². The fourth-order valence-corrected chi connectivity index (χ4v) is 3.59. The highest BCUT2D eigenvalue weighted by Gasteiger charge is 2.18. The number of fused-ring (bicyclic) bond motifs is 2. The topological polar surface area (TPSA) is 42.7 Å². The van der Waals surface area contributed by atoms with E-state index in [1.807, 2.05) is 30.3 Å². The summed E-state index contributed by atoms with van der Waals surface area (Å²) in [5, 5.41) is 1.18. The number of nitrogens with zero attached hydrogens (tertiary/aromatic N) is 1. The van der Waals surface area contributed by atoms with E-state index >= 15 is 0 Å². The molecule has 3 aromatic rings. The molecule has 1 fully saturated rings. The average Bonchev–Trinajstić information content (AvgIpc) is 2.63. The van der Waals surface area contributed by atoms with Gasteiger partial charge in [0.15, 0.2) is 11.3 Å². The molecule has 0 saturated carbocycles. The third-order valence-electron chi connectivity index (χ3n) is 4.83. The number of methoxy groups -OCH3 is 1. The molecule has 1 aliphatic rings. The second-order valence-corrected chi connectivity index (χ2v) is 6.40. The van der Waals surface area contributed by atoms with Crippen molar-refractivity contribution < 1.29 is 9.15 Å². The van der Waals surface area contributed by atoms with Crippen molar-refractivity contribution >= 4 is 34.3 Å². The Morgan fingerprint density at radius 2 is 1.80 bits per heavy atom. The zero-order valence-corrected chi connectivity index (χ0v) is 15.1. The van der Waals surface area contributed by atoms with E-state index in [0.717, 1.165) is 25.2 Å². The number of likely N-dealkylation sites (tertiary alicyclic amines) is 1. The van der Waals surface area contributed by atoms with Gasteiger partial charge >= 0.3 is 0 Å². The minimum absolute atomic E-state index is 0. The van der Waals surface area contributed by atoms with Gasteiger partial charge in [0.05, 0.1) is 17.9 Å². The van der Waals surface area contributed by atoms with Gasteiger partial charge in [-0.2, -0.15) is 0 Å². The van der Waals surface area contributed by atoms with Crippen LogP contribution in [0.4, 0.5) is 0 Å². The Morgan fingerprint density at radius 3 is 2.56 bits per heavy atom. The van der Waals surface area contributed by atoms with Gasteiger partial charge in [0.1, 0.15) is 5.58 Å². The lowest BCUT2D eigenvalue weighted by Crippen LogP contribution is -2.29. The molecule has 132 valence electrons. The van der Waals surface area contributed by atoms with Crippen molar-refractivity contribution in [2.45, 2.75) is 25.8 Å². The molecule has 2 aromatic carbocycles. The van der Waals surface area contributed by atoms with E-state index in [0.29, 0.717) is 27.7 Å². The highest BCUT2D eigenvalue weighted by atomic mass is 35.5. The summed E-state index contributed by atoms with van der Waals surface area (Å²) < 4.78 is 11.7. The van der Waals surface area contributed by atoms with Crippen molar-refractivity contribution in [1.82, 2.24) is 4.90 Å². The Balaban J connectivity index is 0.00000182. The van der Waals surface area contributed by atoms with Gasteiger partial charge in [0.2, 0.25) is 5.43 Å². The molecule has 4 nitrogen and oxygen atoms in total. The van der Waals surface area contributed by atoms with E-state index in [9.17, 15) is 4.79 Å². The van der Waals surface area contributed by atoms with Gasteiger partial charge < -0.3 is 9.15 Å². The van der Waals surface area contributed by atoms with Crippen LogP contribution in [0, 0.1) is 0 Å². The van der Waals surface area contributed by atoms with Crippen LogP contribution in [0.25, 0.3) is 21.9 Å². The fourth-order valence-electron chi connectivity index (χ4n) is 3.59. The first-order chi connectivity index (χ1) is 11.8. The zero-order chi connectivity index (χ0) is 16.5. The highest BCUT2D eigenvalue weighted by molar-refractivity contribution is 5.93. The normalized spacial score (nSPS) is 15.2. The van der Waals surface area contributed by atoms with Crippen LogP contribution in [-0.2, 0) is 6.54 Å². The molecule has 1 aromatic heterocycles. The van der Waals surface area contributed by atoms with Gasteiger partial charge in [-0.3, -0.25) is 9.69 Å². The van der Waals surface area contributed by atoms with Crippen LogP contribution in [0.1, 0.15) is 24.8 Å². The molecule has 0 spiro atoms. The smallest absolute Gasteiger partial charge is 0.200 e. The van der Waals surface area contributed by atoms with Crippen molar-refractivity contribution in [1.29, 1.82) is 0 Å². The Morgan fingerprint density at radius 1 is 1.04 bits per heavy atom. The Bertz CT molecular complexity index is 945. The summed E-state index contributed by atoms with van der Waals surface area (Å²) in [5.41, 5.74) is 2.22. The third kappa shape index (κ3) is 3.24. The maximum Gasteiger partial charge on any atom is 0.200 e. The number of piperidine rings is 1. The van der Waals surface area contributed by atoms with Gasteiger partial charge in [-0.05, 0) is 44.1 Å². The molecule has 0 radical (unpaired) electrons. The summed E-state index contributed by atoms with van der Waals surface area (Å²) in [6.45, 7) is 3.06. The van der Waals surface area contributed by atoms with Crippen LogP contribution in [0.15, 0.2) is 45.6 Å². The molecule has 0 atom stereocenters. The molecule has 25 heavy (non-hydrogen) atoms. The van der Waals surface area contributed by atoms with E-state index in [2.05, 4.69) is 4.90 Å². The maximum atomic E-state index is 12.7. The number of ether oxygens (including phenoxy) is 1. The Hall–Kier alpha value is -2.04. The molecular weight excluding hydrogens is 338 g/mol. The lowest BCUT2D eigenvalue weighted by molar-refractivity contribution is 0.218. The second-order valence-electron chi connectivity index (χ2n) is 6.40. The summed E-state index contributed by atoms with van der Waals surface area (Å²) in [7, 11) is 1.64. The van der Waals surface area contributed by atoms with E-state index in [-0.39, 0.29) is 17.8 Å². The molecule has 1 saturated heterocycles. The van der Waals surface area contributed by atoms with Gasteiger partial charge in [-0.25, -0.2) is 0 Å². The summed E-state index contributed by atoms with van der Waals surface area (Å²) in [5.74, 6) is 0.681. The Labute approximate surface area is 152 Å². The summed E-state index contributed by atoms with van der Waals surface area (Å²) >= 11 is 0. The predicted octanol–water partition coefficient (Wildman–Crippen LogP) is 4.36.